The van der Waals surface area contributed by atoms with Crippen LogP contribution in [0.2, 0.25) is 0 Å². The maximum atomic E-state index is 13.3. The summed E-state index contributed by atoms with van der Waals surface area (Å²) in [7, 11) is -3.61. The summed E-state index contributed by atoms with van der Waals surface area (Å²) < 4.78 is 39.7. The monoisotopic (exact) mass is 402 g/mol. The number of hydrogen-bond acceptors (Lipinski definition) is 5. The Morgan fingerprint density at radius 2 is 1.82 bits per heavy atom. The molecule has 3 rings (SSSR count). The highest BCUT2D eigenvalue weighted by atomic mass is 32.2. The zero-order chi connectivity index (χ0) is 20.3. The van der Waals surface area contributed by atoms with E-state index in [0.717, 1.165) is 5.69 Å². The molecule has 1 aliphatic rings. The van der Waals surface area contributed by atoms with E-state index in [1.807, 2.05) is 0 Å². The number of sulfone groups is 1. The van der Waals surface area contributed by atoms with Crippen molar-refractivity contribution in [3.8, 4) is 5.75 Å². The second-order valence-corrected chi connectivity index (χ2v) is 8.91. The lowest BCUT2D eigenvalue weighted by Gasteiger charge is -2.33. The maximum Gasteiger partial charge on any atom is 0.182 e. The fourth-order valence-electron chi connectivity index (χ4n) is 3.58. The van der Waals surface area contributed by atoms with Crippen molar-refractivity contribution in [3.05, 3.63) is 53.9 Å². The van der Waals surface area contributed by atoms with Crippen molar-refractivity contribution in [2.24, 2.45) is 4.99 Å². The van der Waals surface area contributed by atoms with E-state index >= 15 is 0 Å². The van der Waals surface area contributed by atoms with E-state index in [-0.39, 0.29) is 22.1 Å². The first-order valence-corrected chi connectivity index (χ1v) is 10.6. The molecule has 0 atom stereocenters. The van der Waals surface area contributed by atoms with Crippen LogP contribution in [0.5, 0.6) is 5.75 Å². The van der Waals surface area contributed by atoms with E-state index in [9.17, 15) is 17.9 Å². The number of hydrogen-bond donors (Lipinski definition) is 1. The van der Waals surface area contributed by atoms with Gasteiger partial charge < -0.3 is 10.0 Å². The van der Waals surface area contributed by atoms with E-state index in [1.54, 1.807) is 31.2 Å². The minimum Gasteiger partial charge on any atom is -0.506 e. The van der Waals surface area contributed by atoms with E-state index in [4.69, 9.17) is 0 Å². The molecule has 5 nitrogen and oxygen atoms in total. The number of phenolic OH excluding ortho intramolecular Hbond substituents is 1. The Bertz CT molecular complexity index is 993. The number of benzene rings is 2. The molecule has 1 aliphatic heterocycles. The average molecular weight is 402 g/mol. The third kappa shape index (κ3) is 3.80. The zero-order valence-electron chi connectivity index (χ0n) is 15.7. The number of aliphatic imine (C=N–C) groups is 1. The number of rotatable bonds is 5. The Labute approximate surface area is 164 Å². The molecule has 0 aromatic heterocycles. The van der Waals surface area contributed by atoms with Gasteiger partial charge in [-0.3, -0.25) is 4.99 Å². The van der Waals surface area contributed by atoms with Crippen molar-refractivity contribution >= 4 is 34.0 Å². The Balaban J connectivity index is 1.87. The van der Waals surface area contributed by atoms with Crippen molar-refractivity contribution < 1.29 is 17.9 Å². The van der Waals surface area contributed by atoms with Crippen molar-refractivity contribution in [2.75, 3.05) is 18.0 Å². The number of aromatic hydroxyl groups is 1. The smallest absolute Gasteiger partial charge is 0.182 e. The van der Waals surface area contributed by atoms with Crippen LogP contribution in [0.4, 0.5) is 15.8 Å². The maximum absolute atomic E-state index is 13.3. The van der Waals surface area contributed by atoms with Crippen molar-refractivity contribution in [1.29, 1.82) is 0 Å². The van der Waals surface area contributed by atoms with Crippen molar-refractivity contribution in [3.63, 3.8) is 0 Å². The highest BCUT2D eigenvalue weighted by Gasteiger charge is 2.33. The van der Waals surface area contributed by atoms with Crippen LogP contribution in [0.1, 0.15) is 25.3 Å². The quantitative estimate of drug-likeness (QED) is 0.756. The summed E-state index contributed by atoms with van der Waals surface area (Å²) in [5, 5.41) is 9.47. The normalized spacial score (nSPS) is 15.9. The van der Waals surface area contributed by atoms with Crippen LogP contribution in [0.3, 0.4) is 0 Å². The fraction of sp³-hybridized carbons (Fsp3) is 0.286. The molecular formula is C21H23FN2O3S. The molecule has 28 heavy (non-hydrogen) atoms. The van der Waals surface area contributed by atoms with Crippen molar-refractivity contribution in [1.82, 2.24) is 0 Å². The number of anilines is 1. The topological polar surface area (TPSA) is 70.0 Å². The van der Waals surface area contributed by atoms with Gasteiger partial charge in [0, 0.05) is 24.3 Å². The SMILES string of the molecule is C=Nc1c(O)ccc(S(=O)(=O)C2CCN(c3ccc(F)cc3)CC2)c1/C=C\C. The van der Waals surface area contributed by atoms with Gasteiger partial charge in [-0.2, -0.15) is 0 Å². The fourth-order valence-corrected chi connectivity index (χ4v) is 5.50. The molecule has 0 amide bonds. The summed E-state index contributed by atoms with van der Waals surface area (Å²) in [4.78, 5) is 6.03. The molecule has 1 heterocycles. The summed E-state index contributed by atoms with van der Waals surface area (Å²) in [5.41, 5.74) is 1.41. The molecule has 148 valence electrons. The highest BCUT2D eigenvalue weighted by Crippen LogP contribution is 2.38. The van der Waals surface area contributed by atoms with Gasteiger partial charge in [0.15, 0.2) is 9.84 Å². The molecule has 2 aromatic carbocycles. The summed E-state index contributed by atoms with van der Waals surface area (Å²) in [6, 6.07) is 8.99. The number of phenols is 1. The zero-order valence-corrected chi connectivity index (χ0v) is 16.5. The summed E-state index contributed by atoms with van der Waals surface area (Å²) in [6.45, 7) is 6.36. The van der Waals surface area contributed by atoms with E-state index in [2.05, 4.69) is 16.6 Å². The molecule has 0 aliphatic carbocycles. The second kappa shape index (κ2) is 8.14. The van der Waals surface area contributed by atoms with Gasteiger partial charge in [0.2, 0.25) is 0 Å². The number of allylic oxidation sites excluding steroid dienone is 1. The van der Waals surface area contributed by atoms with Crippen molar-refractivity contribution in [2.45, 2.75) is 29.9 Å². The summed E-state index contributed by atoms with van der Waals surface area (Å²) in [5.74, 6) is -0.398. The Morgan fingerprint density at radius 3 is 2.39 bits per heavy atom. The summed E-state index contributed by atoms with van der Waals surface area (Å²) in [6.07, 6.45) is 4.27. The van der Waals surface area contributed by atoms with Gasteiger partial charge in [-0.1, -0.05) is 12.2 Å². The lowest BCUT2D eigenvalue weighted by molar-refractivity contribution is 0.476. The molecule has 0 saturated carbocycles. The number of nitrogens with zero attached hydrogens (tertiary/aromatic N) is 2. The largest absolute Gasteiger partial charge is 0.506 e. The third-order valence-corrected chi connectivity index (χ3v) is 7.34. The Kier molecular flexibility index (Phi) is 5.84. The molecule has 1 saturated heterocycles. The van der Waals surface area contributed by atoms with Gasteiger partial charge in [0.25, 0.3) is 0 Å². The number of piperidine rings is 1. The molecular weight excluding hydrogens is 379 g/mol. The molecule has 0 radical (unpaired) electrons. The van der Waals surface area contributed by atoms with E-state index in [1.165, 1.54) is 24.3 Å². The van der Waals surface area contributed by atoms with Gasteiger partial charge in [-0.15, -0.1) is 0 Å². The lowest BCUT2D eigenvalue weighted by atomic mass is 10.1. The van der Waals surface area contributed by atoms with Crippen LogP contribution < -0.4 is 4.90 Å². The highest BCUT2D eigenvalue weighted by molar-refractivity contribution is 7.92. The minimum atomic E-state index is -3.61. The first kappa shape index (κ1) is 20.1. The predicted octanol–water partition coefficient (Wildman–Crippen LogP) is 4.34. The van der Waals surface area contributed by atoms with Crippen LogP contribution in [-0.4, -0.2) is 38.6 Å². The molecule has 1 fully saturated rings. The van der Waals surface area contributed by atoms with Gasteiger partial charge in [-0.05, 0) is 62.9 Å². The van der Waals surface area contributed by atoms with Crippen LogP contribution in [0, 0.1) is 5.82 Å². The molecule has 7 heteroatoms. The van der Waals surface area contributed by atoms with Gasteiger partial charge in [0.1, 0.15) is 17.3 Å². The first-order chi connectivity index (χ1) is 13.4. The summed E-state index contributed by atoms with van der Waals surface area (Å²) >= 11 is 0. The molecule has 2 aromatic rings. The lowest BCUT2D eigenvalue weighted by Crippen LogP contribution is -2.39. The standard InChI is InChI=1S/C21H23FN2O3S/c1-3-4-18-20(10-9-19(25)21(18)23-2)28(26,27)17-11-13-24(14-12-17)16-7-5-15(22)6-8-16/h3-10,17,25H,2,11-14H2,1H3/b4-3-. The molecule has 0 spiro atoms. The first-order valence-electron chi connectivity index (χ1n) is 9.08. The van der Waals surface area contributed by atoms with Gasteiger partial charge in [0.05, 0.1) is 10.1 Å². The molecule has 0 bridgehead atoms. The van der Waals surface area contributed by atoms with Crippen LogP contribution in [-0.2, 0) is 9.84 Å². The number of halogens is 1. The average Bonchev–Trinajstić information content (AvgIpc) is 2.69. The molecule has 0 unspecified atom stereocenters. The third-order valence-electron chi connectivity index (χ3n) is 5.03. The van der Waals surface area contributed by atoms with Gasteiger partial charge in [-0.25, -0.2) is 12.8 Å². The minimum absolute atomic E-state index is 0.104. The van der Waals surface area contributed by atoms with Crippen LogP contribution in [0.25, 0.3) is 6.08 Å². The van der Waals surface area contributed by atoms with Crippen LogP contribution >= 0.6 is 0 Å². The Morgan fingerprint density at radius 1 is 1.18 bits per heavy atom. The Hall–Kier alpha value is -2.67. The van der Waals surface area contributed by atoms with E-state index in [0.29, 0.717) is 31.5 Å². The van der Waals surface area contributed by atoms with Gasteiger partial charge >= 0.3 is 0 Å². The predicted molar refractivity (Wildman–Crippen MR) is 111 cm³/mol. The second-order valence-electron chi connectivity index (χ2n) is 6.71. The molecule has 1 N–H and O–H groups in total. The van der Waals surface area contributed by atoms with Crippen LogP contribution in [0.15, 0.2) is 52.4 Å². The van der Waals surface area contributed by atoms with E-state index < -0.39 is 15.1 Å².